The first-order valence-corrected chi connectivity index (χ1v) is 8.42. The summed E-state index contributed by atoms with van der Waals surface area (Å²) in [4.78, 5) is 26.5. The maximum absolute atomic E-state index is 12.8. The average molecular weight is 346 g/mol. The van der Waals surface area contributed by atoms with Crippen LogP contribution in [0.15, 0.2) is 66.7 Å². The molecule has 0 radical (unpaired) electrons. The number of carbonyl (C=O) groups is 2. The van der Waals surface area contributed by atoms with Gasteiger partial charge >= 0.3 is 0 Å². The Morgan fingerprint density at radius 2 is 1.69 bits per heavy atom. The summed E-state index contributed by atoms with van der Waals surface area (Å²) in [6.07, 6.45) is 0.133. The van der Waals surface area contributed by atoms with Crippen LogP contribution in [0.1, 0.15) is 6.42 Å². The quantitative estimate of drug-likeness (QED) is 0.734. The Labute approximate surface area is 151 Å². The molecule has 0 bridgehead atoms. The Morgan fingerprint density at radius 1 is 0.962 bits per heavy atom. The molecule has 1 atom stereocenters. The zero-order valence-electron chi connectivity index (χ0n) is 14.3. The molecule has 0 aliphatic carbocycles. The van der Waals surface area contributed by atoms with Gasteiger partial charge in [-0.15, -0.1) is 0 Å². The third-order valence-corrected chi connectivity index (χ3v) is 4.60. The number of hydrogen-bond acceptors (Lipinski definition) is 4. The first-order chi connectivity index (χ1) is 12.7. The molecule has 5 heteroatoms. The highest BCUT2D eigenvalue weighted by Gasteiger charge is 2.39. The van der Waals surface area contributed by atoms with Crippen molar-refractivity contribution in [2.45, 2.75) is 12.5 Å². The van der Waals surface area contributed by atoms with Gasteiger partial charge in [0.15, 0.2) is 0 Å². The first kappa shape index (κ1) is 16.1. The summed E-state index contributed by atoms with van der Waals surface area (Å²) in [5.41, 5.74) is 1.41. The zero-order valence-corrected chi connectivity index (χ0v) is 14.3. The topological polar surface area (TPSA) is 58.6 Å². The number of hydrogen-bond donors (Lipinski definition) is 1. The molecule has 4 rings (SSSR count). The Morgan fingerprint density at radius 3 is 2.46 bits per heavy atom. The van der Waals surface area contributed by atoms with Crippen LogP contribution in [0.25, 0.3) is 10.8 Å². The third kappa shape index (κ3) is 2.77. The number of methoxy groups -OCH3 is 1. The maximum atomic E-state index is 12.8. The second-order valence-electron chi connectivity index (χ2n) is 6.19. The molecule has 5 nitrogen and oxygen atoms in total. The van der Waals surface area contributed by atoms with E-state index in [0.29, 0.717) is 11.4 Å². The molecule has 1 aliphatic rings. The number of nitrogens with zero attached hydrogens (tertiary/aromatic N) is 1. The van der Waals surface area contributed by atoms with E-state index in [4.69, 9.17) is 4.74 Å². The fourth-order valence-electron chi connectivity index (χ4n) is 3.29. The van der Waals surface area contributed by atoms with E-state index in [1.54, 1.807) is 31.4 Å². The van der Waals surface area contributed by atoms with Crippen LogP contribution < -0.4 is 15.0 Å². The lowest BCUT2D eigenvalue weighted by molar-refractivity contribution is -0.121. The molecule has 0 aromatic heterocycles. The monoisotopic (exact) mass is 346 g/mol. The minimum Gasteiger partial charge on any atom is -0.497 e. The number of anilines is 2. The molecule has 1 aliphatic heterocycles. The van der Waals surface area contributed by atoms with Crippen molar-refractivity contribution in [3.05, 3.63) is 66.7 Å². The smallest absolute Gasteiger partial charge is 0.256 e. The molecule has 2 amide bonds. The second-order valence-corrected chi connectivity index (χ2v) is 6.19. The van der Waals surface area contributed by atoms with Crippen molar-refractivity contribution in [1.82, 2.24) is 0 Å². The molecule has 1 heterocycles. The maximum Gasteiger partial charge on any atom is 0.256 e. The van der Waals surface area contributed by atoms with Gasteiger partial charge in [0, 0.05) is 11.1 Å². The Balaban J connectivity index is 1.60. The second kappa shape index (κ2) is 6.52. The lowest BCUT2D eigenvalue weighted by Crippen LogP contribution is -2.34. The first-order valence-electron chi connectivity index (χ1n) is 8.42. The van der Waals surface area contributed by atoms with Crippen molar-refractivity contribution >= 4 is 34.0 Å². The van der Waals surface area contributed by atoms with Crippen molar-refractivity contribution in [2.75, 3.05) is 17.3 Å². The predicted molar refractivity (Wildman–Crippen MR) is 101 cm³/mol. The van der Waals surface area contributed by atoms with E-state index >= 15 is 0 Å². The number of nitrogens with one attached hydrogen (secondary N) is 1. The van der Waals surface area contributed by atoms with Gasteiger partial charge in [-0.2, -0.15) is 0 Å². The van der Waals surface area contributed by atoms with Gasteiger partial charge in [0.05, 0.1) is 19.2 Å². The van der Waals surface area contributed by atoms with Gasteiger partial charge < -0.3 is 10.1 Å². The minimum absolute atomic E-state index is 0.133. The molecule has 0 unspecified atom stereocenters. The molecular formula is C21H18N2O3. The van der Waals surface area contributed by atoms with E-state index < -0.39 is 6.04 Å². The number of amides is 2. The van der Waals surface area contributed by atoms with Crippen LogP contribution in [0.4, 0.5) is 11.4 Å². The summed E-state index contributed by atoms with van der Waals surface area (Å²) in [5.74, 6) is 0.226. The van der Waals surface area contributed by atoms with Crippen LogP contribution >= 0.6 is 0 Å². The number of benzene rings is 3. The molecule has 1 fully saturated rings. The van der Waals surface area contributed by atoms with Crippen LogP contribution in [-0.2, 0) is 9.59 Å². The number of rotatable bonds is 4. The summed E-state index contributed by atoms with van der Waals surface area (Å²) in [7, 11) is 1.57. The van der Waals surface area contributed by atoms with Crippen LogP contribution in [0.3, 0.4) is 0 Å². The van der Waals surface area contributed by atoms with Gasteiger partial charge in [0.1, 0.15) is 11.8 Å². The average Bonchev–Trinajstić information content (AvgIpc) is 2.95. The highest BCUT2D eigenvalue weighted by atomic mass is 16.5. The normalized spacial score (nSPS) is 17.0. The van der Waals surface area contributed by atoms with Crippen molar-refractivity contribution in [3.63, 3.8) is 0 Å². The van der Waals surface area contributed by atoms with Gasteiger partial charge in [-0.25, -0.2) is 4.90 Å². The van der Waals surface area contributed by atoms with Gasteiger partial charge in [0.2, 0.25) is 5.91 Å². The lowest BCUT2D eigenvalue weighted by Gasteiger charge is -2.17. The Hall–Kier alpha value is -3.34. The largest absolute Gasteiger partial charge is 0.497 e. The van der Waals surface area contributed by atoms with E-state index in [1.165, 1.54) is 4.90 Å². The summed E-state index contributed by atoms with van der Waals surface area (Å²) in [6.45, 7) is 0. The Bertz CT molecular complexity index is 977. The predicted octanol–water partition coefficient (Wildman–Crippen LogP) is 3.59. The van der Waals surface area contributed by atoms with Crippen LogP contribution in [0.2, 0.25) is 0 Å². The van der Waals surface area contributed by atoms with E-state index in [1.807, 2.05) is 42.5 Å². The van der Waals surface area contributed by atoms with Gasteiger partial charge in [-0.05, 0) is 35.7 Å². The van der Waals surface area contributed by atoms with Crippen molar-refractivity contribution in [1.29, 1.82) is 0 Å². The molecule has 3 aromatic carbocycles. The van der Waals surface area contributed by atoms with E-state index in [-0.39, 0.29) is 18.2 Å². The third-order valence-electron chi connectivity index (χ3n) is 4.60. The van der Waals surface area contributed by atoms with Crippen molar-refractivity contribution < 1.29 is 14.3 Å². The number of fused-ring (bicyclic) bond motifs is 1. The Kier molecular flexibility index (Phi) is 4.05. The molecule has 130 valence electrons. The van der Waals surface area contributed by atoms with E-state index in [9.17, 15) is 9.59 Å². The summed E-state index contributed by atoms with van der Waals surface area (Å²) in [5, 5.41) is 5.36. The van der Waals surface area contributed by atoms with Gasteiger partial charge in [0.25, 0.3) is 5.91 Å². The summed E-state index contributed by atoms with van der Waals surface area (Å²) >= 11 is 0. The standard InChI is InChI=1S/C21H18N2O3/c1-26-16-11-9-15(10-12-16)23-20(24)13-19(21(23)25)22-18-8-4-6-14-5-2-3-7-17(14)18/h2-12,19,22H,13H2,1H3/t19-/m1/s1. The summed E-state index contributed by atoms with van der Waals surface area (Å²) in [6, 6.07) is 20.2. The van der Waals surface area contributed by atoms with Crippen molar-refractivity contribution in [2.24, 2.45) is 0 Å². The molecule has 3 aromatic rings. The van der Waals surface area contributed by atoms with E-state index in [0.717, 1.165) is 16.5 Å². The lowest BCUT2D eigenvalue weighted by atomic mass is 10.1. The number of ether oxygens (including phenoxy) is 1. The van der Waals surface area contributed by atoms with Crippen molar-refractivity contribution in [3.8, 4) is 5.75 Å². The SMILES string of the molecule is COc1ccc(N2C(=O)C[C@@H](Nc3cccc4ccccc34)C2=O)cc1. The fourth-order valence-corrected chi connectivity index (χ4v) is 3.29. The highest BCUT2D eigenvalue weighted by molar-refractivity contribution is 6.23. The molecule has 0 saturated carbocycles. The molecule has 1 saturated heterocycles. The zero-order chi connectivity index (χ0) is 18.1. The molecule has 26 heavy (non-hydrogen) atoms. The molecular weight excluding hydrogens is 328 g/mol. The van der Waals surface area contributed by atoms with Crippen LogP contribution in [-0.4, -0.2) is 25.0 Å². The van der Waals surface area contributed by atoms with Crippen LogP contribution in [0.5, 0.6) is 5.75 Å². The molecule has 0 spiro atoms. The summed E-state index contributed by atoms with van der Waals surface area (Å²) < 4.78 is 5.13. The van der Waals surface area contributed by atoms with E-state index in [2.05, 4.69) is 5.32 Å². The highest BCUT2D eigenvalue weighted by Crippen LogP contribution is 2.29. The van der Waals surface area contributed by atoms with Gasteiger partial charge in [-0.3, -0.25) is 9.59 Å². The minimum atomic E-state index is -0.574. The number of carbonyl (C=O) groups excluding carboxylic acids is 2. The van der Waals surface area contributed by atoms with Crippen LogP contribution in [0, 0.1) is 0 Å². The molecule has 1 N–H and O–H groups in total. The fraction of sp³-hybridized carbons (Fsp3) is 0.143. The number of imide groups is 1. The van der Waals surface area contributed by atoms with Gasteiger partial charge in [-0.1, -0.05) is 36.4 Å².